The van der Waals surface area contributed by atoms with Gasteiger partial charge in [-0.05, 0) is 0 Å². The first-order valence-corrected chi connectivity index (χ1v) is 2.92. The van der Waals surface area contributed by atoms with E-state index in [1.807, 2.05) is 0 Å². The number of rotatable bonds is 0. The van der Waals surface area contributed by atoms with Crippen LogP contribution in [0.15, 0.2) is 10.1 Å². The quantitative estimate of drug-likeness (QED) is 0.539. The van der Waals surface area contributed by atoms with Crippen LogP contribution in [-0.2, 0) is 4.79 Å². The van der Waals surface area contributed by atoms with Gasteiger partial charge in [-0.15, -0.1) is 0 Å². The Labute approximate surface area is 61.3 Å². The Hall–Kier alpha value is -0.250. The standard InChI is InChI=1S/C4H3Cl2NO2/c5-1-2(6)4(9)7-3(1)8/h3,8H,(H,7,9)/t3-/m0/s1. The van der Waals surface area contributed by atoms with Crippen molar-refractivity contribution in [3.63, 3.8) is 0 Å². The number of aliphatic hydroxyl groups is 1. The summed E-state index contributed by atoms with van der Waals surface area (Å²) in [6.45, 7) is 0. The van der Waals surface area contributed by atoms with Crippen LogP contribution in [0.2, 0.25) is 0 Å². The van der Waals surface area contributed by atoms with Crippen LogP contribution in [0.1, 0.15) is 0 Å². The molecule has 0 aromatic carbocycles. The van der Waals surface area contributed by atoms with Crippen molar-refractivity contribution in [3.05, 3.63) is 10.1 Å². The summed E-state index contributed by atoms with van der Waals surface area (Å²) in [6.07, 6.45) is -1.12. The summed E-state index contributed by atoms with van der Waals surface area (Å²) in [7, 11) is 0. The van der Waals surface area contributed by atoms with Crippen LogP contribution in [-0.4, -0.2) is 17.2 Å². The minimum Gasteiger partial charge on any atom is -0.368 e. The van der Waals surface area contributed by atoms with Gasteiger partial charge in [-0.3, -0.25) is 4.79 Å². The van der Waals surface area contributed by atoms with E-state index in [-0.39, 0.29) is 10.1 Å². The topological polar surface area (TPSA) is 49.3 Å². The Bertz CT molecular complexity index is 189. The largest absolute Gasteiger partial charge is 0.368 e. The minimum absolute atomic E-state index is 0.0401. The minimum atomic E-state index is -1.12. The molecule has 0 radical (unpaired) electrons. The van der Waals surface area contributed by atoms with Gasteiger partial charge in [0.1, 0.15) is 5.03 Å². The Morgan fingerprint density at radius 1 is 1.56 bits per heavy atom. The predicted octanol–water partition coefficient (Wildman–Crippen LogP) is 0.124. The highest BCUT2D eigenvalue weighted by Crippen LogP contribution is 2.21. The van der Waals surface area contributed by atoms with E-state index in [1.54, 1.807) is 0 Å². The van der Waals surface area contributed by atoms with E-state index in [0.717, 1.165) is 0 Å². The number of carbonyl (C=O) groups is 1. The monoisotopic (exact) mass is 167 g/mol. The molecule has 0 saturated heterocycles. The van der Waals surface area contributed by atoms with Gasteiger partial charge in [-0.25, -0.2) is 0 Å². The van der Waals surface area contributed by atoms with Gasteiger partial charge in [-0.1, -0.05) is 23.2 Å². The molecule has 0 saturated carbocycles. The Kier molecular flexibility index (Phi) is 1.66. The van der Waals surface area contributed by atoms with Gasteiger partial charge in [0.25, 0.3) is 5.91 Å². The molecule has 1 aliphatic rings. The lowest BCUT2D eigenvalue weighted by atomic mass is 10.5. The molecule has 1 heterocycles. The van der Waals surface area contributed by atoms with Gasteiger partial charge in [-0.2, -0.15) is 0 Å². The molecule has 0 unspecified atom stereocenters. The van der Waals surface area contributed by atoms with E-state index in [4.69, 9.17) is 28.3 Å². The molecule has 0 aromatic heterocycles. The van der Waals surface area contributed by atoms with E-state index in [0.29, 0.717) is 0 Å². The molecule has 1 aliphatic heterocycles. The van der Waals surface area contributed by atoms with E-state index >= 15 is 0 Å². The van der Waals surface area contributed by atoms with E-state index in [2.05, 4.69) is 5.32 Å². The maximum atomic E-state index is 10.4. The summed E-state index contributed by atoms with van der Waals surface area (Å²) < 4.78 is 0. The number of carbonyl (C=O) groups excluding carboxylic acids is 1. The summed E-state index contributed by atoms with van der Waals surface area (Å²) in [6, 6.07) is 0. The Morgan fingerprint density at radius 3 is 2.22 bits per heavy atom. The fraction of sp³-hybridized carbons (Fsp3) is 0.250. The van der Waals surface area contributed by atoms with Gasteiger partial charge in [0.2, 0.25) is 0 Å². The number of aliphatic hydroxyl groups excluding tert-OH is 1. The molecule has 1 amide bonds. The molecule has 5 heteroatoms. The van der Waals surface area contributed by atoms with Crippen molar-refractivity contribution < 1.29 is 9.90 Å². The smallest absolute Gasteiger partial charge is 0.266 e. The SMILES string of the molecule is O=C1N[C@@H](O)C(Cl)=C1Cl. The number of hydrogen-bond donors (Lipinski definition) is 2. The van der Waals surface area contributed by atoms with Crippen molar-refractivity contribution in [2.75, 3.05) is 0 Å². The molecule has 0 spiro atoms. The number of amides is 1. The third-order valence-corrected chi connectivity index (χ3v) is 1.78. The Balaban J connectivity index is 2.92. The van der Waals surface area contributed by atoms with Crippen molar-refractivity contribution in [1.82, 2.24) is 5.32 Å². The third-order valence-electron chi connectivity index (χ3n) is 0.917. The average Bonchev–Trinajstić information content (AvgIpc) is 1.98. The zero-order valence-corrected chi connectivity index (χ0v) is 5.70. The van der Waals surface area contributed by atoms with Crippen molar-refractivity contribution in [3.8, 4) is 0 Å². The van der Waals surface area contributed by atoms with E-state index in [9.17, 15) is 4.79 Å². The highest BCUT2D eigenvalue weighted by Gasteiger charge is 2.27. The zero-order valence-electron chi connectivity index (χ0n) is 4.19. The van der Waals surface area contributed by atoms with Crippen LogP contribution in [0.25, 0.3) is 0 Å². The van der Waals surface area contributed by atoms with Crippen LogP contribution in [0.4, 0.5) is 0 Å². The van der Waals surface area contributed by atoms with Gasteiger partial charge in [0, 0.05) is 0 Å². The third kappa shape index (κ3) is 1.03. The Morgan fingerprint density at radius 2 is 2.11 bits per heavy atom. The summed E-state index contributed by atoms with van der Waals surface area (Å²) in [4.78, 5) is 10.4. The average molecular weight is 168 g/mol. The lowest BCUT2D eigenvalue weighted by Crippen LogP contribution is -2.27. The fourth-order valence-electron chi connectivity index (χ4n) is 0.479. The molecule has 50 valence electrons. The molecule has 2 N–H and O–H groups in total. The van der Waals surface area contributed by atoms with Crippen LogP contribution in [0, 0.1) is 0 Å². The second-order valence-electron chi connectivity index (χ2n) is 1.54. The molecule has 1 atom stereocenters. The molecular formula is C4H3Cl2NO2. The second kappa shape index (κ2) is 2.17. The molecule has 3 nitrogen and oxygen atoms in total. The van der Waals surface area contributed by atoms with E-state index < -0.39 is 12.1 Å². The first kappa shape index (κ1) is 6.86. The number of halogens is 2. The van der Waals surface area contributed by atoms with Crippen LogP contribution >= 0.6 is 23.2 Å². The van der Waals surface area contributed by atoms with Crippen LogP contribution < -0.4 is 5.32 Å². The lowest BCUT2D eigenvalue weighted by molar-refractivity contribution is -0.117. The molecule has 0 fully saturated rings. The molecular weight excluding hydrogens is 165 g/mol. The predicted molar refractivity (Wildman–Crippen MR) is 32.9 cm³/mol. The lowest BCUT2D eigenvalue weighted by Gasteiger charge is -1.98. The zero-order chi connectivity index (χ0) is 7.02. The molecule has 9 heavy (non-hydrogen) atoms. The van der Waals surface area contributed by atoms with Gasteiger partial charge < -0.3 is 10.4 Å². The first-order valence-electron chi connectivity index (χ1n) is 2.17. The molecule has 0 aromatic rings. The van der Waals surface area contributed by atoms with Gasteiger partial charge in [0.05, 0.1) is 5.03 Å². The van der Waals surface area contributed by atoms with E-state index in [1.165, 1.54) is 0 Å². The summed E-state index contributed by atoms with van der Waals surface area (Å²) in [5.74, 6) is -0.533. The van der Waals surface area contributed by atoms with Gasteiger partial charge in [0.15, 0.2) is 6.23 Å². The number of hydrogen-bond acceptors (Lipinski definition) is 2. The maximum absolute atomic E-state index is 10.4. The van der Waals surface area contributed by atoms with Gasteiger partial charge >= 0.3 is 0 Å². The van der Waals surface area contributed by atoms with Crippen molar-refractivity contribution in [2.24, 2.45) is 0 Å². The van der Waals surface area contributed by atoms with Crippen LogP contribution in [0.5, 0.6) is 0 Å². The maximum Gasteiger partial charge on any atom is 0.266 e. The fourth-order valence-corrected chi connectivity index (χ4v) is 0.778. The number of nitrogens with one attached hydrogen (secondary N) is 1. The van der Waals surface area contributed by atoms with Crippen molar-refractivity contribution in [1.29, 1.82) is 0 Å². The summed E-state index contributed by atoms with van der Waals surface area (Å²) in [5, 5.41) is 10.7. The highest BCUT2D eigenvalue weighted by atomic mass is 35.5. The first-order chi connectivity index (χ1) is 4.13. The van der Waals surface area contributed by atoms with Crippen LogP contribution in [0.3, 0.4) is 0 Å². The van der Waals surface area contributed by atoms with Crippen molar-refractivity contribution in [2.45, 2.75) is 6.23 Å². The molecule has 0 bridgehead atoms. The second-order valence-corrected chi connectivity index (χ2v) is 2.32. The van der Waals surface area contributed by atoms with Crippen molar-refractivity contribution >= 4 is 29.1 Å². The molecule has 0 aliphatic carbocycles. The summed E-state index contributed by atoms with van der Waals surface area (Å²) in [5.41, 5.74) is 0. The highest BCUT2D eigenvalue weighted by molar-refractivity contribution is 6.49. The normalized spacial score (nSPS) is 27.0. The molecule has 1 rings (SSSR count). The summed E-state index contributed by atoms with van der Waals surface area (Å²) >= 11 is 10.6.